The Labute approximate surface area is 141 Å². The van der Waals surface area contributed by atoms with E-state index < -0.39 is 27.3 Å². The van der Waals surface area contributed by atoms with Gasteiger partial charge in [-0.2, -0.15) is 0 Å². The monoisotopic (exact) mass is 370 g/mol. The Hall–Kier alpha value is -2.26. The number of nitrogens with zero attached hydrogens (tertiary/aromatic N) is 1. The fraction of sp³-hybridized carbons (Fsp3) is 0.133. The molecule has 2 aromatic heterocycles. The SMILES string of the molecule is Cc1noc(-c2ccc(S(=O)(=O)Nc3cc(F)ccc3F)s2)c1C. The van der Waals surface area contributed by atoms with Crippen molar-refractivity contribution in [2.45, 2.75) is 18.1 Å². The van der Waals surface area contributed by atoms with Gasteiger partial charge in [0.15, 0.2) is 5.76 Å². The van der Waals surface area contributed by atoms with Crippen LogP contribution in [0.1, 0.15) is 11.3 Å². The number of hydrogen-bond acceptors (Lipinski definition) is 5. The number of thiophene rings is 1. The number of sulfonamides is 1. The molecule has 0 fully saturated rings. The van der Waals surface area contributed by atoms with E-state index in [1.807, 2.05) is 11.6 Å². The quantitative estimate of drug-likeness (QED) is 0.750. The maximum atomic E-state index is 13.6. The highest BCUT2D eigenvalue weighted by molar-refractivity contribution is 7.94. The number of aromatic nitrogens is 1. The lowest BCUT2D eigenvalue weighted by molar-refractivity contribution is 0.427. The molecule has 0 radical (unpaired) electrons. The maximum absolute atomic E-state index is 13.6. The normalized spacial score (nSPS) is 11.7. The maximum Gasteiger partial charge on any atom is 0.271 e. The summed E-state index contributed by atoms with van der Waals surface area (Å²) in [6.07, 6.45) is 0. The Morgan fingerprint density at radius 3 is 2.58 bits per heavy atom. The molecule has 3 rings (SSSR count). The molecular weight excluding hydrogens is 358 g/mol. The van der Waals surface area contributed by atoms with Gasteiger partial charge in [0.1, 0.15) is 15.8 Å². The lowest BCUT2D eigenvalue weighted by Crippen LogP contribution is -2.12. The van der Waals surface area contributed by atoms with Crippen LogP contribution in [0.15, 0.2) is 39.1 Å². The van der Waals surface area contributed by atoms with Crippen LogP contribution < -0.4 is 4.72 Å². The first-order chi connectivity index (χ1) is 11.3. The van der Waals surface area contributed by atoms with Gasteiger partial charge in [-0.05, 0) is 38.1 Å². The minimum atomic E-state index is -4.05. The van der Waals surface area contributed by atoms with E-state index in [2.05, 4.69) is 5.16 Å². The van der Waals surface area contributed by atoms with Crippen molar-refractivity contribution in [3.05, 3.63) is 53.2 Å². The van der Waals surface area contributed by atoms with E-state index in [9.17, 15) is 17.2 Å². The Kier molecular flexibility index (Phi) is 4.14. The number of anilines is 1. The van der Waals surface area contributed by atoms with Crippen LogP contribution in [0.4, 0.5) is 14.5 Å². The molecule has 0 atom stereocenters. The molecule has 0 bridgehead atoms. The molecule has 0 aliphatic rings. The molecule has 0 amide bonds. The van der Waals surface area contributed by atoms with Gasteiger partial charge in [-0.3, -0.25) is 4.72 Å². The van der Waals surface area contributed by atoms with Gasteiger partial charge in [-0.25, -0.2) is 17.2 Å². The summed E-state index contributed by atoms with van der Waals surface area (Å²) in [7, 11) is -4.05. The van der Waals surface area contributed by atoms with Crippen LogP contribution in [-0.2, 0) is 10.0 Å². The Bertz CT molecular complexity index is 1010. The van der Waals surface area contributed by atoms with E-state index in [0.717, 1.165) is 35.1 Å². The molecule has 9 heteroatoms. The van der Waals surface area contributed by atoms with E-state index in [-0.39, 0.29) is 4.21 Å². The largest absolute Gasteiger partial charge is 0.355 e. The highest BCUT2D eigenvalue weighted by Crippen LogP contribution is 2.34. The smallest absolute Gasteiger partial charge is 0.271 e. The fourth-order valence-electron chi connectivity index (χ4n) is 2.00. The number of hydrogen-bond donors (Lipinski definition) is 1. The van der Waals surface area contributed by atoms with Crippen LogP contribution in [0.3, 0.4) is 0 Å². The topological polar surface area (TPSA) is 72.2 Å². The molecule has 0 unspecified atom stereocenters. The molecule has 24 heavy (non-hydrogen) atoms. The van der Waals surface area contributed by atoms with E-state index in [0.29, 0.717) is 16.3 Å². The molecule has 1 aromatic carbocycles. The standard InChI is InChI=1S/C15H12F2N2O3S2/c1-8-9(2)18-22-15(8)13-5-6-14(23-13)24(20,21)19-12-7-10(16)3-4-11(12)17/h3-7,19H,1-2H3. The van der Waals surface area contributed by atoms with Crippen molar-refractivity contribution < 1.29 is 21.7 Å². The first-order valence-electron chi connectivity index (χ1n) is 6.79. The Morgan fingerprint density at radius 2 is 1.92 bits per heavy atom. The van der Waals surface area contributed by atoms with Crippen molar-refractivity contribution in [3.8, 4) is 10.6 Å². The third kappa shape index (κ3) is 3.04. The number of nitrogens with one attached hydrogen (secondary N) is 1. The summed E-state index contributed by atoms with van der Waals surface area (Å²) in [6, 6.07) is 5.50. The number of aryl methyl sites for hydroxylation is 1. The zero-order valence-corrected chi connectivity index (χ0v) is 14.3. The van der Waals surface area contributed by atoms with Gasteiger partial charge in [0.25, 0.3) is 10.0 Å². The lowest BCUT2D eigenvalue weighted by atomic mass is 10.2. The van der Waals surface area contributed by atoms with Crippen molar-refractivity contribution in [2.24, 2.45) is 0 Å². The van der Waals surface area contributed by atoms with E-state index >= 15 is 0 Å². The average Bonchev–Trinajstić information content (AvgIpc) is 3.12. The van der Waals surface area contributed by atoms with E-state index in [4.69, 9.17) is 4.52 Å². The van der Waals surface area contributed by atoms with Gasteiger partial charge in [0.05, 0.1) is 16.3 Å². The van der Waals surface area contributed by atoms with Crippen LogP contribution in [0, 0.1) is 25.5 Å². The molecule has 5 nitrogen and oxygen atoms in total. The van der Waals surface area contributed by atoms with Gasteiger partial charge in [-0.15, -0.1) is 11.3 Å². The molecule has 2 heterocycles. The molecule has 0 aliphatic carbocycles. The summed E-state index contributed by atoms with van der Waals surface area (Å²) < 4.78 is 58.7. The zero-order valence-electron chi connectivity index (χ0n) is 12.6. The molecule has 3 aromatic rings. The Morgan fingerprint density at radius 1 is 1.17 bits per heavy atom. The minimum absolute atomic E-state index is 0.0467. The van der Waals surface area contributed by atoms with Crippen LogP contribution >= 0.6 is 11.3 Å². The Balaban J connectivity index is 1.94. The summed E-state index contributed by atoms with van der Waals surface area (Å²) in [5.74, 6) is -1.12. The first kappa shape index (κ1) is 16.6. The second-order valence-electron chi connectivity index (χ2n) is 5.07. The minimum Gasteiger partial charge on any atom is -0.355 e. The van der Waals surface area contributed by atoms with Crippen molar-refractivity contribution in [3.63, 3.8) is 0 Å². The molecule has 126 valence electrons. The van der Waals surface area contributed by atoms with Crippen molar-refractivity contribution >= 4 is 27.0 Å². The van der Waals surface area contributed by atoms with Crippen LogP contribution in [-0.4, -0.2) is 13.6 Å². The highest BCUT2D eigenvalue weighted by atomic mass is 32.2. The number of halogens is 2. The number of benzene rings is 1. The molecule has 0 saturated heterocycles. The summed E-state index contributed by atoms with van der Waals surface area (Å²) >= 11 is 0.949. The van der Waals surface area contributed by atoms with Crippen LogP contribution in [0.25, 0.3) is 10.6 Å². The zero-order chi connectivity index (χ0) is 17.5. The lowest BCUT2D eigenvalue weighted by Gasteiger charge is -2.07. The first-order valence-corrected chi connectivity index (χ1v) is 9.09. The summed E-state index contributed by atoms with van der Waals surface area (Å²) in [4.78, 5) is 0.577. The molecule has 1 N–H and O–H groups in total. The second-order valence-corrected chi connectivity index (χ2v) is 8.06. The van der Waals surface area contributed by atoms with Gasteiger partial charge in [0, 0.05) is 11.6 Å². The van der Waals surface area contributed by atoms with Crippen molar-refractivity contribution in [1.82, 2.24) is 5.16 Å². The van der Waals surface area contributed by atoms with Crippen LogP contribution in [0.5, 0.6) is 0 Å². The van der Waals surface area contributed by atoms with Gasteiger partial charge >= 0.3 is 0 Å². The molecule has 0 spiro atoms. The van der Waals surface area contributed by atoms with Gasteiger partial charge < -0.3 is 4.52 Å². The van der Waals surface area contributed by atoms with Gasteiger partial charge in [-0.1, -0.05) is 5.16 Å². The second kappa shape index (κ2) is 5.99. The highest BCUT2D eigenvalue weighted by Gasteiger charge is 2.21. The molecule has 0 saturated carbocycles. The fourth-order valence-corrected chi connectivity index (χ4v) is 4.40. The summed E-state index contributed by atoms with van der Waals surface area (Å²) in [5.41, 5.74) is 1.07. The number of rotatable bonds is 4. The predicted molar refractivity (Wildman–Crippen MR) is 86.5 cm³/mol. The summed E-state index contributed by atoms with van der Waals surface area (Å²) in [5, 5.41) is 3.83. The third-order valence-electron chi connectivity index (χ3n) is 3.40. The molecule has 0 aliphatic heterocycles. The van der Waals surface area contributed by atoms with Crippen LogP contribution in [0.2, 0.25) is 0 Å². The molecular formula is C15H12F2N2O3S2. The average molecular weight is 370 g/mol. The summed E-state index contributed by atoms with van der Waals surface area (Å²) in [6.45, 7) is 3.59. The third-order valence-corrected chi connectivity index (χ3v) is 6.34. The van der Waals surface area contributed by atoms with Crippen molar-refractivity contribution in [1.29, 1.82) is 0 Å². The van der Waals surface area contributed by atoms with Crippen molar-refractivity contribution in [2.75, 3.05) is 4.72 Å². The van der Waals surface area contributed by atoms with E-state index in [1.165, 1.54) is 6.07 Å². The van der Waals surface area contributed by atoms with Gasteiger partial charge in [0.2, 0.25) is 0 Å². The van der Waals surface area contributed by atoms with E-state index in [1.54, 1.807) is 13.0 Å². The predicted octanol–water partition coefficient (Wildman–Crippen LogP) is 4.10.